The zero-order valence-electron chi connectivity index (χ0n) is 11.1. The molecule has 0 saturated heterocycles. The van der Waals surface area contributed by atoms with Crippen LogP contribution in [0, 0.1) is 6.92 Å². The van der Waals surface area contributed by atoms with Crippen molar-refractivity contribution in [2.24, 2.45) is 0 Å². The van der Waals surface area contributed by atoms with Gasteiger partial charge in [0.25, 0.3) is 0 Å². The molecule has 1 atom stereocenters. The third-order valence-corrected chi connectivity index (χ3v) is 3.02. The number of ether oxygens (including phenoxy) is 1. The summed E-state index contributed by atoms with van der Waals surface area (Å²) in [4.78, 5) is 0. The molecule has 2 aromatic rings. The van der Waals surface area contributed by atoms with Gasteiger partial charge in [-0.2, -0.15) is 0 Å². The molecule has 0 radical (unpaired) electrons. The molecule has 1 unspecified atom stereocenters. The van der Waals surface area contributed by atoms with Crippen molar-refractivity contribution < 1.29 is 9.15 Å². The molecule has 0 fully saturated rings. The van der Waals surface area contributed by atoms with E-state index >= 15 is 0 Å². The maximum absolute atomic E-state index is 5.60. The monoisotopic (exact) mass is 245 g/mol. The van der Waals surface area contributed by atoms with Gasteiger partial charge in [0.05, 0.1) is 19.4 Å². The molecule has 3 nitrogen and oxygen atoms in total. The predicted octanol–water partition coefficient (Wildman–Crippen LogP) is 3.30. The highest BCUT2D eigenvalue weighted by atomic mass is 16.5. The summed E-state index contributed by atoms with van der Waals surface area (Å²) in [5, 5.41) is 3.45. The van der Waals surface area contributed by atoms with Gasteiger partial charge in [-0.3, -0.25) is 0 Å². The van der Waals surface area contributed by atoms with Gasteiger partial charge in [0.2, 0.25) is 0 Å². The molecule has 0 aliphatic carbocycles. The SMILES string of the molecule is CCNC(c1ccc(OC)cc1)c1occc1C. The Balaban J connectivity index is 2.32. The minimum Gasteiger partial charge on any atom is -0.497 e. The predicted molar refractivity (Wildman–Crippen MR) is 72.0 cm³/mol. The van der Waals surface area contributed by atoms with Crippen LogP contribution in [0.25, 0.3) is 0 Å². The highest BCUT2D eigenvalue weighted by Crippen LogP contribution is 2.26. The number of benzene rings is 1. The van der Waals surface area contributed by atoms with Gasteiger partial charge in [0.1, 0.15) is 11.5 Å². The molecule has 96 valence electrons. The maximum Gasteiger partial charge on any atom is 0.128 e. The largest absolute Gasteiger partial charge is 0.497 e. The van der Waals surface area contributed by atoms with Gasteiger partial charge >= 0.3 is 0 Å². The fourth-order valence-electron chi connectivity index (χ4n) is 2.04. The summed E-state index contributed by atoms with van der Waals surface area (Å²) in [7, 11) is 1.67. The Kier molecular flexibility index (Phi) is 4.05. The van der Waals surface area contributed by atoms with Gasteiger partial charge in [-0.15, -0.1) is 0 Å². The van der Waals surface area contributed by atoms with Crippen molar-refractivity contribution in [1.82, 2.24) is 5.32 Å². The Morgan fingerprint density at radius 3 is 2.44 bits per heavy atom. The van der Waals surface area contributed by atoms with Crippen LogP contribution in [0.5, 0.6) is 5.75 Å². The zero-order valence-corrected chi connectivity index (χ0v) is 11.1. The number of hydrogen-bond donors (Lipinski definition) is 1. The Hall–Kier alpha value is -1.74. The first-order chi connectivity index (χ1) is 8.76. The van der Waals surface area contributed by atoms with Crippen LogP contribution in [-0.4, -0.2) is 13.7 Å². The van der Waals surface area contributed by atoms with E-state index in [1.165, 1.54) is 5.56 Å². The van der Waals surface area contributed by atoms with Crippen molar-refractivity contribution in [2.45, 2.75) is 19.9 Å². The van der Waals surface area contributed by atoms with Crippen molar-refractivity contribution in [3.05, 3.63) is 53.5 Å². The van der Waals surface area contributed by atoms with Crippen LogP contribution in [0.15, 0.2) is 41.0 Å². The lowest BCUT2D eigenvalue weighted by Gasteiger charge is -2.17. The molecule has 1 aromatic heterocycles. The Bertz CT molecular complexity index is 487. The van der Waals surface area contributed by atoms with Crippen LogP contribution in [0.3, 0.4) is 0 Å². The molecule has 1 aromatic carbocycles. The minimum absolute atomic E-state index is 0.0934. The van der Waals surface area contributed by atoms with E-state index in [0.717, 1.165) is 23.6 Å². The van der Waals surface area contributed by atoms with E-state index in [1.807, 2.05) is 18.2 Å². The summed E-state index contributed by atoms with van der Waals surface area (Å²) in [6, 6.07) is 10.2. The highest BCUT2D eigenvalue weighted by Gasteiger charge is 2.18. The van der Waals surface area contributed by atoms with E-state index in [2.05, 4.69) is 31.3 Å². The van der Waals surface area contributed by atoms with E-state index < -0.39 is 0 Å². The molecule has 0 aliphatic rings. The van der Waals surface area contributed by atoms with Crippen molar-refractivity contribution in [3.8, 4) is 5.75 Å². The molecule has 0 spiro atoms. The third kappa shape index (κ3) is 2.57. The first-order valence-electron chi connectivity index (χ1n) is 6.17. The molecular weight excluding hydrogens is 226 g/mol. The Morgan fingerprint density at radius 2 is 1.94 bits per heavy atom. The van der Waals surface area contributed by atoms with Crippen LogP contribution < -0.4 is 10.1 Å². The molecular formula is C15H19NO2. The molecule has 18 heavy (non-hydrogen) atoms. The van der Waals surface area contributed by atoms with E-state index in [-0.39, 0.29) is 6.04 Å². The van der Waals surface area contributed by atoms with Gasteiger partial charge in [0.15, 0.2) is 0 Å². The van der Waals surface area contributed by atoms with Crippen LogP contribution in [0.4, 0.5) is 0 Å². The van der Waals surface area contributed by atoms with Crippen LogP contribution in [0.1, 0.15) is 29.9 Å². The molecule has 3 heteroatoms. The molecule has 1 heterocycles. The number of nitrogens with one attached hydrogen (secondary N) is 1. The van der Waals surface area contributed by atoms with Gasteiger partial charge in [-0.1, -0.05) is 19.1 Å². The van der Waals surface area contributed by atoms with Crippen molar-refractivity contribution in [1.29, 1.82) is 0 Å². The van der Waals surface area contributed by atoms with Crippen LogP contribution in [-0.2, 0) is 0 Å². The zero-order chi connectivity index (χ0) is 13.0. The average Bonchev–Trinajstić information content (AvgIpc) is 2.82. The number of hydrogen-bond acceptors (Lipinski definition) is 3. The van der Waals surface area contributed by atoms with E-state index in [0.29, 0.717) is 0 Å². The highest BCUT2D eigenvalue weighted by molar-refractivity contribution is 5.34. The van der Waals surface area contributed by atoms with Gasteiger partial charge < -0.3 is 14.5 Å². The van der Waals surface area contributed by atoms with Crippen LogP contribution >= 0.6 is 0 Å². The summed E-state index contributed by atoms with van der Waals surface area (Å²) >= 11 is 0. The second-order valence-electron chi connectivity index (χ2n) is 4.23. The normalized spacial score (nSPS) is 12.4. The minimum atomic E-state index is 0.0934. The smallest absolute Gasteiger partial charge is 0.128 e. The fraction of sp³-hybridized carbons (Fsp3) is 0.333. The topological polar surface area (TPSA) is 34.4 Å². The lowest BCUT2D eigenvalue weighted by molar-refractivity contribution is 0.413. The Morgan fingerprint density at radius 1 is 1.22 bits per heavy atom. The quantitative estimate of drug-likeness (QED) is 0.877. The van der Waals surface area contributed by atoms with E-state index in [4.69, 9.17) is 9.15 Å². The summed E-state index contributed by atoms with van der Waals surface area (Å²) in [6.07, 6.45) is 1.73. The maximum atomic E-state index is 5.60. The lowest BCUT2D eigenvalue weighted by atomic mass is 10.0. The molecule has 1 N–H and O–H groups in total. The molecule has 0 saturated carbocycles. The number of methoxy groups -OCH3 is 1. The lowest BCUT2D eigenvalue weighted by Crippen LogP contribution is -2.22. The fourth-order valence-corrected chi connectivity index (χ4v) is 2.04. The van der Waals surface area contributed by atoms with Gasteiger partial charge in [-0.05, 0) is 42.8 Å². The molecule has 0 aliphatic heterocycles. The number of aryl methyl sites for hydroxylation is 1. The first-order valence-corrected chi connectivity index (χ1v) is 6.17. The second kappa shape index (κ2) is 5.74. The van der Waals surface area contributed by atoms with Gasteiger partial charge in [-0.25, -0.2) is 0 Å². The second-order valence-corrected chi connectivity index (χ2v) is 4.23. The third-order valence-electron chi connectivity index (χ3n) is 3.02. The summed E-state index contributed by atoms with van der Waals surface area (Å²) in [5.41, 5.74) is 2.34. The molecule has 2 rings (SSSR count). The number of rotatable bonds is 5. The van der Waals surface area contributed by atoms with Crippen molar-refractivity contribution >= 4 is 0 Å². The summed E-state index contributed by atoms with van der Waals surface area (Å²) < 4.78 is 10.8. The average molecular weight is 245 g/mol. The summed E-state index contributed by atoms with van der Waals surface area (Å²) in [6.45, 7) is 5.04. The van der Waals surface area contributed by atoms with Crippen molar-refractivity contribution in [2.75, 3.05) is 13.7 Å². The van der Waals surface area contributed by atoms with E-state index in [1.54, 1.807) is 13.4 Å². The summed E-state index contributed by atoms with van der Waals surface area (Å²) in [5.74, 6) is 1.84. The molecule has 0 amide bonds. The first kappa shape index (κ1) is 12.7. The standard InChI is InChI=1S/C15H19NO2/c1-4-16-14(15-11(2)9-10-18-15)12-5-7-13(17-3)8-6-12/h5-10,14,16H,4H2,1-3H3. The molecule has 0 bridgehead atoms. The van der Waals surface area contributed by atoms with Gasteiger partial charge in [0, 0.05) is 0 Å². The Labute approximate surface area is 108 Å². The van der Waals surface area contributed by atoms with E-state index in [9.17, 15) is 0 Å². The van der Waals surface area contributed by atoms with Crippen molar-refractivity contribution in [3.63, 3.8) is 0 Å². The van der Waals surface area contributed by atoms with Crippen LogP contribution in [0.2, 0.25) is 0 Å². The number of furan rings is 1.